The smallest absolute Gasteiger partial charge is 0.430 e. The van der Waals surface area contributed by atoms with Crippen LogP contribution in [0.25, 0.3) is 0 Å². The lowest BCUT2D eigenvalue weighted by atomic mass is 10.0. The van der Waals surface area contributed by atoms with Gasteiger partial charge in [-0.3, -0.25) is 0 Å². The first kappa shape index (κ1) is 20.4. The van der Waals surface area contributed by atoms with Crippen LogP contribution in [-0.4, -0.2) is 36.6 Å². The Bertz CT molecular complexity index is 488. The van der Waals surface area contributed by atoms with Gasteiger partial charge in [-0.25, -0.2) is 0 Å². The first-order valence-electron chi connectivity index (χ1n) is 5.42. The van der Waals surface area contributed by atoms with Crippen LogP contribution in [0.3, 0.4) is 0 Å². The number of ether oxygens (including phenoxy) is 2. The van der Waals surface area contributed by atoms with Crippen molar-refractivity contribution in [3.63, 3.8) is 0 Å². The molecular formula is C10H4F12O2. The van der Waals surface area contributed by atoms with Crippen LogP contribution in [0.15, 0.2) is 24.0 Å². The Morgan fingerprint density at radius 2 is 1.21 bits per heavy atom. The molecule has 1 aliphatic heterocycles. The summed E-state index contributed by atoms with van der Waals surface area (Å²) < 4.78 is 157. The molecule has 1 aliphatic rings. The minimum absolute atomic E-state index is 0.337. The van der Waals surface area contributed by atoms with Crippen LogP contribution in [0.5, 0.6) is 0 Å². The Kier molecular flexibility index (Phi) is 4.89. The maximum Gasteiger partial charge on any atom is 0.430 e. The van der Waals surface area contributed by atoms with Gasteiger partial charge in [-0.05, 0) is 0 Å². The topological polar surface area (TPSA) is 18.5 Å². The molecule has 0 saturated heterocycles. The normalized spacial score (nSPS) is 22.1. The molecule has 0 bridgehead atoms. The highest BCUT2D eigenvalue weighted by Crippen LogP contribution is 2.49. The van der Waals surface area contributed by atoms with E-state index in [1.165, 1.54) is 0 Å². The minimum Gasteiger partial charge on any atom is -0.469 e. The summed E-state index contributed by atoms with van der Waals surface area (Å²) in [6.45, 7) is 0. The van der Waals surface area contributed by atoms with Gasteiger partial charge in [-0.2, -0.15) is 52.7 Å². The highest BCUT2D eigenvalue weighted by atomic mass is 19.4. The fourth-order valence-corrected chi connectivity index (χ4v) is 1.51. The van der Waals surface area contributed by atoms with E-state index < -0.39 is 54.3 Å². The van der Waals surface area contributed by atoms with Gasteiger partial charge in [0.1, 0.15) is 5.57 Å². The summed E-state index contributed by atoms with van der Waals surface area (Å²) in [6, 6.07) is 0. The van der Waals surface area contributed by atoms with Gasteiger partial charge in [0.15, 0.2) is 0 Å². The Morgan fingerprint density at radius 3 is 1.54 bits per heavy atom. The van der Waals surface area contributed by atoms with Crippen molar-refractivity contribution >= 4 is 0 Å². The van der Waals surface area contributed by atoms with Crippen molar-refractivity contribution in [2.24, 2.45) is 0 Å². The number of hydrogen-bond acceptors (Lipinski definition) is 2. The predicted octanol–water partition coefficient (Wildman–Crippen LogP) is 4.79. The monoisotopic (exact) mass is 384 g/mol. The highest BCUT2D eigenvalue weighted by molar-refractivity contribution is 5.19. The van der Waals surface area contributed by atoms with Gasteiger partial charge in [-0.1, -0.05) is 0 Å². The molecule has 0 saturated carbocycles. The van der Waals surface area contributed by atoms with Crippen LogP contribution in [0, 0.1) is 0 Å². The molecule has 140 valence electrons. The minimum atomic E-state index is -6.23. The summed E-state index contributed by atoms with van der Waals surface area (Å²) in [5.74, 6) is 0. The maximum absolute atomic E-state index is 12.7. The van der Waals surface area contributed by atoms with E-state index in [-0.39, 0.29) is 6.26 Å². The van der Waals surface area contributed by atoms with Crippen LogP contribution < -0.4 is 0 Å². The van der Waals surface area contributed by atoms with Crippen LogP contribution >= 0.6 is 0 Å². The molecule has 0 aliphatic carbocycles. The van der Waals surface area contributed by atoms with E-state index in [1.54, 1.807) is 0 Å². The largest absolute Gasteiger partial charge is 0.469 e. The zero-order chi connectivity index (χ0) is 19.2. The molecular weight excluding hydrogens is 380 g/mol. The number of rotatable bonds is 1. The molecule has 0 amide bonds. The second-order valence-electron chi connectivity index (χ2n) is 4.23. The zero-order valence-electron chi connectivity index (χ0n) is 10.7. The second kappa shape index (κ2) is 5.74. The van der Waals surface area contributed by atoms with E-state index in [4.69, 9.17) is 0 Å². The third-order valence-electron chi connectivity index (χ3n) is 2.57. The second-order valence-corrected chi connectivity index (χ2v) is 4.23. The zero-order valence-corrected chi connectivity index (χ0v) is 10.7. The molecule has 0 fully saturated rings. The molecule has 1 rings (SSSR count). The first-order chi connectivity index (χ1) is 10.4. The lowest BCUT2D eigenvalue weighted by molar-refractivity contribution is -0.388. The highest BCUT2D eigenvalue weighted by Gasteiger charge is 2.73. The summed E-state index contributed by atoms with van der Waals surface area (Å²) in [5, 5.41) is 0. The molecule has 0 aromatic rings. The molecule has 2 nitrogen and oxygen atoms in total. The van der Waals surface area contributed by atoms with Gasteiger partial charge in [0.05, 0.1) is 6.26 Å². The summed E-state index contributed by atoms with van der Waals surface area (Å²) in [5.41, 5.74) is -8.50. The number of halogens is 12. The molecule has 1 atom stereocenters. The van der Waals surface area contributed by atoms with E-state index in [2.05, 4.69) is 9.47 Å². The molecule has 0 aromatic heterocycles. The third kappa shape index (κ3) is 3.89. The fraction of sp³-hybridized carbons (Fsp3) is 0.600. The van der Waals surface area contributed by atoms with Crippen LogP contribution in [0.2, 0.25) is 0 Å². The summed E-state index contributed by atoms with van der Waals surface area (Å²) in [4.78, 5) is 0. The lowest BCUT2D eigenvalue weighted by Gasteiger charge is -2.38. The van der Waals surface area contributed by atoms with E-state index in [1.807, 2.05) is 0 Å². The van der Waals surface area contributed by atoms with Gasteiger partial charge in [0.25, 0.3) is 5.60 Å². The molecule has 24 heavy (non-hydrogen) atoms. The third-order valence-corrected chi connectivity index (χ3v) is 2.57. The van der Waals surface area contributed by atoms with Crippen molar-refractivity contribution in [1.82, 2.24) is 0 Å². The van der Waals surface area contributed by atoms with E-state index >= 15 is 0 Å². The van der Waals surface area contributed by atoms with Gasteiger partial charge >= 0.3 is 24.7 Å². The number of allylic oxidation sites excluding steroid dienone is 1. The van der Waals surface area contributed by atoms with Gasteiger partial charge in [0, 0.05) is 12.2 Å². The Morgan fingerprint density at radius 1 is 0.792 bits per heavy atom. The average Bonchev–Trinajstić information content (AvgIpc) is 2.30. The van der Waals surface area contributed by atoms with Crippen molar-refractivity contribution in [3.05, 3.63) is 24.0 Å². The van der Waals surface area contributed by atoms with Gasteiger partial charge in [-0.15, -0.1) is 0 Å². The maximum atomic E-state index is 12.7. The summed E-state index contributed by atoms with van der Waals surface area (Å²) >= 11 is 0. The van der Waals surface area contributed by atoms with Crippen molar-refractivity contribution in [1.29, 1.82) is 0 Å². The molecule has 0 radical (unpaired) electrons. The van der Waals surface area contributed by atoms with Gasteiger partial charge < -0.3 is 9.47 Å². The number of alkyl halides is 12. The quantitative estimate of drug-likeness (QED) is 0.478. The van der Waals surface area contributed by atoms with Crippen LogP contribution in [0.4, 0.5) is 52.7 Å². The molecule has 14 heteroatoms. The Balaban J connectivity index is 3.36. The SMILES string of the molecule is FC(F)(F)C(=CC1OC=CC(C(F)(F)F)(C(F)(F)F)O1)C(F)(F)F. The molecule has 0 spiro atoms. The van der Waals surface area contributed by atoms with E-state index in [0.29, 0.717) is 0 Å². The van der Waals surface area contributed by atoms with Crippen molar-refractivity contribution in [2.45, 2.75) is 36.6 Å². The predicted molar refractivity (Wildman–Crippen MR) is 50.1 cm³/mol. The molecule has 1 unspecified atom stereocenters. The molecule has 1 heterocycles. The Labute approximate surface area is 124 Å². The standard InChI is InChI=1S/C10H4F12O2/c11-7(12,13)4(8(14,15)16)3-5-23-2-1-6(24-5,9(17,18)19)10(20,21)22/h1-3,5H. The van der Waals surface area contributed by atoms with Crippen LogP contribution in [0.1, 0.15) is 0 Å². The van der Waals surface area contributed by atoms with Crippen LogP contribution in [-0.2, 0) is 9.47 Å². The molecule has 0 N–H and O–H groups in total. The van der Waals surface area contributed by atoms with Crippen molar-refractivity contribution in [2.75, 3.05) is 0 Å². The van der Waals surface area contributed by atoms with E-state index in [0.717, 1.165) is 0 Å². The molecule has 0 aromatic carbocycles. The fourth-order valence-electron chi connectivity index (χ4n) is 1.51. The van der Waals surface area contributed by atoms with Crippen molar-refractivity contribution < 1.29 is 62.2 Å². The summed E-state index contributed by atoms with van der Waals surface area (Å²) in [7, 11) is 0. The van der Waals surface area contributed by atoms with E-state index in [9.17, 15) is 52.7 Å². The average molecular weight is 384 g/mol. The lowest BCUT2D eigenvalue weighted by Crippen LogP contribution is -2.60. The summed E-state index contributed by atoms with van der Waals surface area (Å²) in [6.07, 6.45) is -30.0. The number of hydrogen-bond donors (Lipinski definition) is 0. The van der Waals surface area contributed by atoms with Gasteiger partial charge in [0.2, 0.25) is 6.29 Å². The first-order valence-corrected chi connectivity index (χ1v) is 5.42. The Hall–Kier alpha value is -1.60. The van der Waals surface area contributed by atoms with Crippen molar-refractivity contribution in [3.8, 4) is 0 Å².